The Bertz CT molecular complexity index is 2680. The number of ether oxygens (including phenoxy) is 1. The number of hydrogen-bond acceptors (Lipinski definition) is 7. The summed E-state index contributed by atoms with van der Waals surface area (Å²) in [6, 6.07) is 47.6. The van der Waals surface area contributed by atoms with Gasteiger partial charge in [0, 0.05) is 33.9 Å². The van der Waals surface area contributed by atoms with Crippen molar-refractivity contribution in [3.63, 3.8) is 0 Å². The van der Waals surface area contributed by atoms with E-state index >= 15 is 0 Å². The van der Waals surface area contributed by atoms with E-state index in [1.54, 1.807) is 109 Å². The number of phenols is 2. The normalized spacial score (nSPS) is 10.8. The molecule has 0 atom stereocenters. The maximum Gasteiger partial charge on any atom is 0.259 e. The number of phenolic OH excluding ortho intramolecular Hbond substituents is 2. The van der Waals surface area contributed by atoms with Crippen molar-refractivity contribution in [3.05, 3.63) is 192 Å². The third-order valence-corrected chi connectivity index (χ3v) is 9.45. The third kappa shape index (κ3) is 8.69. The van der Waals surface area contributed by atoms with Crippen LogP contribution in [0.25, 0.3) is 21.5 Å². The number of fused-ring (bicyclic) bond motifs is 2. The predicted molar refractivity (Wildman–Crippen MR) is 229 cm³/mol. The van der Waals surface area contributed by atoms with E-state index in [4.69, 9.17) is 4.74 Å². The number of aromatic hydroxyl groups is 2. The van der Waals surface area contributed by atoms with Crippen LogP contribution in [0.1, 0.15) is 41.4 Å². The van der Waals surface area contributed by atoms with Gasteiger partial charge in [-0.3, -0.25) is 19.2 Å². The van der Waals surface area contributed by atoms with Crippen LogP contribution < -0.4 is 26.0 Å². The van der Waals surface area contributed by atoms with Crippen LogP contribution in [0.5, 0.6) is 23.0 Å². The largest absolute Gasteiger partial charge is 0.507 e. The van der Waals surface area contributed by atoms with Gasteiger partial charge in [-0.05, 0) is 143 Å². The maximum atomic E-state index is 13.2. The van der Waals surface area contributed by atoms with Crippen LogP contribution in [0.4, 0.5) is 22.7 Å². The average Bonchev–Trinajstić information content (AvgIpc) is 3.25. The fourth-order valence-electron chi connectivity index (χ4n) is 6.41. The minimum absolute atomic E-state index is 0.0409. The highest BCUT2D eigenvalue weighted by Crippen LogP contribution is 2.30. The highest BCUT2D eigenvalue weighted by Gasteiger charge is 2.17. The lowest BCUT2D eigenvalue weighted by Crippen LogP contribution is -2.13. The molecule has 0 bridgehead atoms. The molecule has 8 aromatic carbocycles. The second-order valence-corrected chi connectivity index (χ2v) is 13.6. The van der Waals surface area contributed by atoms with Crippen LogP contribution in [0, 0.1) is 0 Å². The van der Waals surface area contributed by atoms with Crippen molar-refractivity contribution in [3.8, 4) is 23.0 Å². The Kier molecular flexibility index (Phi) is 10.4. The minimum Gasteiger partial charge on any atom is -0.507 e. The van der Waals surface area contributed by atoms with Crippen molar-refractivity contribution in [2.24, 2.45) is 0 Å². The number of benzene rings is 8. The Morgan fingerprint density at radius 3 is 1.10 bits per heavy atom. The topological polar surface area (TPSA) is 166 Å². The van der Waals surface area contributed by atoms with Gasteiger partial charge in [0.15, 0.2) is 0 Å². The lowest BCUT2D eigenvalue weighted by Gasteiger charge is -2.12. The van der Waals surface area contributed by atoms with E-state index in [2.05, 4.69) is 21.3 Å². The van der Waals surface area contributed by atoms with Gasteiger partial charge in [0.05, 0.1) is 11.1 Å². The van der Waals surface area contributed by atoms with Crippen LogP contribution in [0.15, 0.2) is 170 Å². The van der Waals surface area contributed by atoms with Crippen molar-refractivity contribution < 1.29 is 34.1 Å². The van der Waals surface area contributed by atoms with Crippen LogP contribution >= 0.6 is 0 Å². The number of para-hydroxylation sites is 2. The predicted octanol–water partition coefficient (Wildman–Crippen LogP) is 10.2. The number of rotatable bonds is 10. The Morgan fingerprint density at radius 2 is 0.712 bits per heavy atom. The van der Waals surface area contributed by atoms with E-state index in [9.17, 15) is 29.4 Å². The Labute approximate surface area is 337 Å². The van der Waals surface area contributed by atoms with Gasteiger partial charge in [-0.15, -0.1) is 0 Å². The monoisotopic (exact) mass is 778 g/mol. The number of hydrogen-bond donors (Lipinski definition) is 6. The van der Waals surface area contributed by atoms with Crippen LogP contribution in [-0.2, 0) is 0 Å². The zero-order valence-corrected chi connectivity index (χ0v) is 31.1. The van der Waals surface area contributed by atoms with Crippen molar-refractivity contribution in [2.75, 3.05) is 21.3 Å². The van der Waals surface area contributed by atoms with Crippen molar-refractivity contribution in [2.45, 2.75) is 0 Å². The molecule has 0 unspecified atom stereocenters. The first kappa shape index (κ1) is 37.5. The smallest absolute Gasteiger partial charge is 0.259 e. The molecule has 0 aromatic heterocycles. The van der Waals surface area contributed by atoms with Crippen molar-refractivity contribution in [1.82, 2.24) is 0 Å². The minimum atomic E-state index is -0.539. The number of nitrogens with one attached hydrogen (secondary N) is 4. The summed E-state index contributed by atoms with van der Waals surface area (Å²) in [4.78, 5) is 52.2. The van der Waals surface area contributed by atoms with Gasteiger partial charge in [0.2, 0.25) is 0 Å². The maximum absolute atomic E-state index is 13.2. The molecule has 0 radical (unpaired) electrons. The zero-order valence-electron chi connectivity index (χ0n) is 31.1. The first-order valence-corrected chi connectivity index (χ1v) is 18.4. The molecule has 6 N–H and O–H groups in total. The van der Waals surface area contributed by atoms with Gasteiger partial charge >= 0.3 is 0 Å². The molecule has 0 aliphatic rings. The molecule has 8 rings (SSSR count). The number of carbonyl (C=O) groups is 4. The Morgan fingerprint density at radius 1 is 0.356 bits per heavy atom. The number of anilines is 4. The number of amides is 4. The van der Waals surface area contributed by atoms with E-state index < -0.39 is 11.8 Å². The molecule has 11 heteroatoms. The lowest BCUT2D eigenvalue weighted by molar-refractivity contribution is 0.101. The lowest BCUT2D eigenvalue weighted by atomic mass is 10.0. The van der Waals surface area contributed by atoms with Gasteiger partial charge < -0.3 is 36.2 Å². The van der Waals surface area contributed by atoms with E-state index in [1.807, 2.05) is 36.4 Å². The second kappa shape index (κ2) is 16.3. The number of carbonyl (C=O) groups excluding carboxylic acids is 4. The van der Waals surface area contributed by atoms with E-state index in [0.29, 0.717) is 66.9 Å². The molecule has 0 fully saturated rings. The summed E-state index contributed by atoms with van der Waals surface area (Å²) in [5.74, 6) is -1.13. The zero-order chi connectivity index (χ0) is 40.9. The summed E-state index contributed by atoms with van der Waals surface area (Å²) >= 11 is 0. The molecule has 0 saturated carbocycles. The molecule has 0 spiro atoms. The quantitative estimate of drug-likeness (QED) is 0.0804. The molecule has 4 amide bonds. The van der Waals surface area contributed by atoms with Crippen LogP contribution in [0.2, 0.25) is 0 Å². The highest BCUT2D eigenvalue weighted by atomic mass is 16.5. The van der Waals surface area contributed by atoms with Crippen LogP contribution in [-0.4, -0.2) is 33.8 Å². The summed E-state index contributed by atoms with van der Waals surface area (Å²) in [5.41, 5.74) is 3.11. The van der Waals surface area contributed by atoms with Crippen molar-refractivity contribution in [1.29, 1.82) is 0 Å². The Hall–Kier alpha value is -8.44. The van der Waals surface area contributed by atoms with Gasteiger partial charge in [-0.2, -0.15) is 0 Å². The highest BCUT2D eigenvalue weighted by molar-refractivity contribution is 6.12. The summed E-state index contributed by atoms with van der Waals surface area (Å²) < 4.78 is 5.97. The molecule has 11 nitrogen and oxygen atoms in total. The van der Waals surface area contributed by atoms with Gasteiger partial charge in [-0.1, -0.05) is 48.5 Å². The van der Waals surface area contributed by atoms with E-state index in [1.165, 1.54) is 24.3 Å². The summed E-state index contributed by atoms with van der Waals surface area (Å²) in [6.07, 6.45) is 0. The van der Waals surface area contributed by atoms with Crippen LogP contribution in [0.3, 0.4) is 0 Å². The third-order valence-electron chi connectivity index (χ3n) is 9.45. The van der Waals surface area contributed by atoms with E-state index in [-0.39, 0.29) is 34.4 Å². The van der Waals surface area contributed by atoms with Gasteiger partial charge in [-0.25, -0.2) is 0 Å². The molecule has 0 aliphatic heterocycles. The standard InChI is InChI=1S/C48H34N4O7/c53-43-27-29-11-13-31(45(55)49-35-7-3-1-4-8-35)23-33(29)25-41(43)47(57)51-37-15-19-39(20-16-37)59-40-21-17-38(18-22-40)52-48(58)42-26-34-24-32(14-12-30(34)28-44(42)54)46(56)50-36-9-5-2-6-10-36/h1-28,53-54H,(H,49,55)(H,50,56)(H,51,57)(H,52,58). The van der Waals surface area contributed by atoms with Crippen molar-refractivity contribution >= 4 is 67.9 Å². The summed E-state index contributed by atoms with van der Waals surface area (Å²) in [7, 11) is 0. The van der Waals surface area contributed by atoms with E-state index in [0.717, 1.165) is 0 Å². The average molecular weight is 779 g/mol. The molecular formula is C48H34N4O7. The first-order valence-electron chi connectivity index (χ1n) is 18.4. The SMILES string of the molecule is O=C(Nc1ccccc1)c1ccc2cc(O)c(C(=O)Nc3ccc(Oc4ccc(NC(=O)c5cc6cc(C(=O)Nc7ccccc7)ccc6cc5O)cc4)cc3)cc2c1. The van der Waals surface area contributed by atoms with Gasteiger partial charge in [0.25, 0.3) is 23.6 Å². The molecule has 8 aromatic rings. The Balaban J connectivity index is 0.883. The first-order chi connectivity index (χ1) is 28.6. The molecule has 288 valence electrons. The fraction of sp³-hybridized carbons (Fsp3) is 0. The fourth-order valence-corrected chi connectivity index (χ4v) is 6.41. The van der Waals surface area contributed by atoms with Gasteiger partial charge in [0.1, 0.15) is 23.0 Å². The molecule has 59 heavy (non-hydrogen) atoms. The molecule has 0 saturated heterocycles. The molecular weight excluding hydrogens is 745 g/mol. The molecule has 0 heterocycles. The molecule has 0 aliphatic carbocycles. The second-order valence-electron chi connectivity index (χ2n) is 13.6. The summed E-state index contributed by atoms with van der Waals surface area (Å²) in [6.45, 7) is 0. The summed E-state index contributed by atoms with van der Waals surface area (Å²) in [5, 5.41) is 35.1.